The van der Waals surface area contributed by atoms with Gasteiger partial charge in [-0.15, -0.1) is 0 Å². The fourth-order valence-electron chi connectivity index (χ4n) is 2.03. The maximum absolute atomic E-state index is 11.8. The molecule has 2 aromatic carbocycles. The second kappa shape index (κ2) is 5.08. The van der Waals surface area contributed by atoms with Gasteiger partial charge in [0.15, 0.2) is 0 Å². The molecular weight excluding hydrogens is 224 g/mol. The molecule has 0 spiro atoms. The summed E-state index contributed by atoms with van der Waals surface area (Å²) in [6.45, 7) is 1.88. The van der Waals surface area contributed by atoms with Gasteiger partial charge in [0.25, 0.3) is 0 Å². The quantitative estimate of drug-likeness (QED) is 0.897. The summed E-state index contributed by atoms with van der Waals surface area (Å²) in [5.41, 5.74) is 0.996. The van der Waals surface area contributed by atoms with Crippen LogP contribution in [0.15, 0.2) is 42.5 Å². The van der Waals surface area contributed by atoms with Crippen LogP contribution in [0.2, 0.25) is 0 Å². The molecule has 1 N–H and O–H groups in total. The number of nitrogens with one attached hydrogen (secondary N) is 1. The van der Waals surface area contributed by atoms with Gasteiger partial charge in [0.1, 0.15) is 6.04 Å². The topological polar surface area (TPSA) is 32.3 Å². The van der Waals surface area contributed by atoms with Crippen molar-refractivity contribution in [2.45, 2.75) is 13.0 Å². The molecule has 1 amide bonds. The molecule has 18 heavy (non-hydrogen) atoms. The van der Waals surface area contributed by atoms with E-state index in [1.807, 2.05) is 31.2 Å². The Hall–Kier alpha value is -2.03. The van der Waals surface area contributed by atoms with Gasteiger partial charge in [0.2, 0.25) is 5.91 Å². The number of rotatable bonds is 3. The minimum atomic E-state index is -0.231. The second-order valence-corrected chi connectivity index (χ2v) is 4.63. The van der Waals surface area contributed by atoms with Crippen molar-refractivity contribution in [1.29, 1.82) is 0 Å². The normalized spacial score (nSPS) is 12.2. The number of amides is 1. The van der Waals surface area contributed by atoms with E-state index < -0.39 is 0 Å². The van der Waals surface area contributed by atoms with Gasteiger partial charge >= 0.3 is 0 Å². The molecule has 0 saturated heterocycles. The van der Waals surface area contributed by atoms with Crippen LogP contribution in [-0.4, -0.2) is 30.9 Å². The predicted molar refractivity (Wildman–Crippen MR) is 75.7 cm³/mol. The molecule has 3 nitrogen and oxygen atoms in total. The van der Waals surface area contributed by atoms with Gasteiger partial charge in [0.05, 0.1) is 0 Å². The standard InChI is InChI=1S/C15H18N2O/c1-11(15(18)17(2)3)16-14-10-6-8-12-7-4-5-9-13(12)14/h4-11,16H,1-3H3. The summed E-state index contributed by atoms with van der Waals surface area (Å²) < 4.78 is 0. The molecule has 1 atom stereocenters. The lowest BCUT2D eigenvalue weighted by Crippen LogP contribution is -2.36. The lowest BCUT2D eigenvalue weighted by molar-refractivity contribution is -0.129. The Labute approximate surface area is 107 Å². The van der Waals surface area contributed by atoms with Crippen molar-refractivity contribution in [3.63, 3.8) is 0 Å². The first kappa shape index (κ1) is 12.4. The molecule has 0 aliphatic heterocycles. The predicted octanol–water partition coefficient (Wildman–Crippen LogP) is 2.73. The first-order valence-electron chi connectivity index (χ1n) is 6.05. The average molecular weight is 242 g/mol. The van der Waals surface area contributed by atoms with Gasteiger partial charge in [-0.1, -0.05) is 36.4 Å². The molecule has 2 aromatic rings. The monoisotopic (exact) mass is 242 g/mol. The molecular formula is C15H18N2O. The largest absolute Gasteiger partial charge is 0.373 e. The molecule has 0 heterocycles. The third-order valence-electron chi connectivity index (χ3n) is 2.97. The minimum Gasteiger partial charge on any atom is -0.373 e. The summed E-state index contributed by atoms with van der Waals surface area (Å²) in [6, 6.07) is 14.0. The SMILES string of the molecule is CC(Nc1cccc2ccccc12)C(=O)N(C)C. The number of carbonyl (C=O) groups is 1. The highest BCUT2D eigenvalue weighted by atomic mass is 16.2. The summed E-state index contributed by atoms with van der Waals surface area (Å²) in [5, 5.41) is 5.59. The molecule has 2 rings (SSSR count). The summed E-state index contributed by atoms with van der Waals surface area (Å²) in [4.78, 5) is 13.4. The van der Waals surface area contributed by atoms with E-state index in [-0.39, 0.29) is 11.9 Å². The van der Waals surface area contributed by atoms with Gasteiger partial charge < -0.3 is 10.2 Å². The molecule has 0 saturated carbocycles. The summed E-state index contributed by atoms with van der Waals surface area (Å²) in [7, 11) is 3.53. The lowest BCUT2D eigenvalue weighted by Gasteiger charge is -2.20. The number of nitrogens with zero attached hydrogens (tertiary/aromatic N) is 1. The van der Waals surface area contributed by atoms with Crippen molar-refractivity contribution >= 4 is 22.4 Å². The third-order valence-corrected chi connectivity index (χ3v) is 2.97. The Morgan fingerprint density at radius 2 is 1.78 bits per heavy atom. The van der Waals surface area contributed by atoms with Crippen LogP contribution in [0, 0.1) is 0 Å². The number of hydrogen-bond acceptors (Lipinski definition) is 2. The van der Waals surface area contributed by atoms with Crippen molar-refractivity contribution in [3.05, 3.63) is 42.5 Å². The van der Waals surface area contributed by atoms with Crippen LogP contribution in [0.25, 0.3) is 10.8 Å². The number of benzene rings is 2. The van der Waals surface area contributed by atoms with E-state index >= 15 is 0 Å². The zero-order valence-corrected chi connectivity index (χ0v) is 11.0. The molecule has 0 aliphatic rings. The third kappa shape index (κ3) is 2.45. The molecule has 94 valence electrons. The van der Waals surface area contributed by atoms with Crippen molar-refractivity contribution in [2.24, 2.45) is 0 Å². The van der Waals surface area contributed by atoms with Crippen LogP contribution in [0.1, 0.15) is 6.92 Å². The van der Waals surface area contributed by atoms with E-state index in [4.69, 9.17) is 0 Å². The molecule has 0 fully saturated rings. The Bertz CT molecular complexity index is 558. The summed E-state index contributed by atoms with van der Waals surface area (Å²) >= 11 is 0. The van der Waals surface area contributed by atoms with Gasteiger partial charge in [-0.2, -0.15) is 0 Å². The average Bonchev–Trinajstić information content (AvgIpc) is 2.38. The van der Waals surface area contributed by atoms with Gasteiger partial charge in [-0.25, -0.2) is 0 Å². The van der Waals surface area contributed by atoms with Gasteiger partial charge in [-0.05, 0) is 18.4 Å². The Balaban J connectivity index is 2.29. The minimum absolute atomic E-state index is 0.0722. The maximum atomic E-state index is 11.8. The highest BCUT2D eigenvalue weighted by Crippen LogP contribution is 2.23. The first-order valence-corrected chi connectivity index (χ1v) is 6.05. The highest BCUT2D eigenvalue weighted by molar-refractivity contribution is 5.95. The number of carbonyl (C=O) groups excluding carboxylic acids is 1. The van der Waals surface area contributed by atoms with Crippen molar-refractivity contribution in [3.8, 4) is 0 Å². The number of hydrogen-bond donors (Lipinski definition) is 1. The molecule has 0 radical (unpaired) electrons. The van der Waals surface area contributed by atoms with Crippen LogP contribution in [0.3, 0.4) is 0 Å². The summed E-state index contributed by atoms with van der Waals surface area (Å²) in [5.74, 6) is 0.0722. The van der Waals surface area contributed by atoms with E-state index in [1.54, 1.807) is 19.0 Å². The van der Waals surface area contributed by atoms with Gasteiger partial charge in [0, 0.05) is 25.2 Å². The Morgan fingerprint density at radius 1 is 1.11 bits per heavy atom. The fraction of sp³-hybridized carbons (Fsp3) is 0.267. The molecule has 0 aliphatic carbocycles. The number of fused-ring (bicyclic) bond motifs is 1. The van der Waals surface area contributed by atoms with E-state index in [0.717, 1.165) is 11.1 Å². The van der Waals surface area contributed by atoms with Crippen LogP contribution in [0.5, 0.6) is 0 Å². The van der Waals surface area contributed by atoms with Crippen LogP contribution < -0.4 is 5.32 Å². The van der Waals surface area contributed by atoms with E-state index in [9.17, 15) is 4.79 Å². The maximum Gasteiger partial charge on any atom is 0.244 e. The Morgan fingerprint density at radius 3 is 2.50 bits per heavy atom. The van der Waals surface area contributed by atoms with Crippen LogP contribution in [0.4, 0.5) is 5.69 Å². The zero-order valence-electron chi connectivity index (χ0n) is 11.0. The molecule has 1 unspecified atom stereocenters. The number of anilines is 1. The molecule has 0 bridgehead atoms. The van der Waals surface area contributed by atoms with Crippen LogP contribution >= 0.6 is 0 Å². The smallest absolute Gasteiger partial charge is 0.244 e. The molecule has 0 aromatic heterocycles. The fourth-order valence-corrected chi connectivity index (χ4v) is 2.03. The van der Waals surface area contributed by atoms with Crippen molar-refractivity contribution in [1.82, 2.24) is 4.90 Å². The van der Waals surface area contributed by atoms with E-state index in [0.29, 0.717) is 0 Å². The first-order chi connectivity index (χ1) is 8.59. The van der Waals surface area contributed by atoms with Crippen molar-refractivity contribution < 1.29 is 4.79 Å². The van der Waals surface area contributed by atoms with E-state index in [2.05, 4.69) is 23.5 Å². The van der Waals surface area contributed by atoms with E-state index in [1.165, 1.54) is 5.39 Å². The van der Waals surface area contributed by atoms with Crippen LogP contribution in [-0.2, 0) is 4.79 Å². The highest BCUT2D eigenvalue weighted by Gasteiger charge is 2.14. The lowest BCUT2D eigenvalue weighted by atomic mass is 10.1. The number of likely N-dealkylation sites (N-methyl/N-ethyl adjacent to an activating group) is 1. The summed E-state index contributed by atoms with van der Waals surface area (Å²) in [6.07, 6.45) is 0. The van der Waals surface area contributed by atoms with Gasteiger partial charge in [-0.3, -0.25) is 4.79 Å². The zero-order chi connectivity index (χ0) is 13.1. The second-order valence-electron chi connectivity index (χ2n) is 4.63. The Kier molecular flexibility index (Phi) is 3.51. The molecule has 3 heteroatoms. The van der Waals surface area contributed by atoms with Crippen molar-refractivity contribution in [2.75, 3.05) is 19.4 Å².